The van der Waals surface area contributed by atoms with Gasteiger partial charge in [-0.05, 0) is 49.4 Å². The number of hydrogen-bond donors (Lipinski definition) is 1. The molecule has 0 unspecified atom stereocenters. The zero-order chi connectivity index (χ0) is 20.0. The van der Waals surface area contributed by atoms with E-state index >= 15 is 0 Å². The van der Waals surface area contributed by atoms with Gasteiger partial charge in [0.05, 0.1) is 4.90 Å². The van der Waals surface area contributed by atoms with Gasteiger partial charge in [-0.1, -0.05) is 19.9 Å². The lowest BCUT2D eigenvalue weighted by Gasteiger charge is -2.19. The Kier molecular flexibility index (Phi) is 6.92. The normalized spacial score (nSPS) is 12.6. The topological polar surface area (TPSA) is 75.7 Å². The first kappa shape index (κ1) is 20.9. The van der Waals surface area contributed by atoms with Crippen LogP contribution in [0.25, 0.3) is 0 Å². The third-order valence-corrected chi connectivity index (χ3v) is 5.99. The summed E-state index contributed by atoms with van der Waals surface area (Å²) in [5.41, 5.74) is 0.350. The SMILES string of the molecule is CCN(CC)S(=O)(=O)c1cccc(NC(=O)[C@H](C)Oc2ccc(F)cc2)c1. The summed E-state index contributed by atoms with van der Waals surface area (Å²) in [6.45, 7) is 5.80. The van der Waals surface area contributed by atoms with Gasteiger partial charge in [0.2, 0.25) is 10.0 Å². The fourth-order valence-electron chi connectivity index (χ4n) is 2.46. The second-order valence-corrected chi connectivity index (χ2v) is 7.76. The maximum atomic E-state index is 12.9. The summed E-state index contributed by atoms with van der Waals surface area (Å²) in [5, 5.41) is 2.64. The molecule has 0 saturated heterocycles. The molecule has 8 heteroatoms. The Hall–Kier alpha value is -2.45. The molecule has 1 N–H and O–H groups in total. The molecule has 0 saturated carbocycles. The van der Waals surface area contributed by atoms with Gasteiger partial charge in [0, 0.05) is 18.8 Å². The average molecular weight is 394 g/mol. The van der Waals surface area contributed by atoms with Crippen LogP contribution < -0.4 is 10.1 Å². The van der Waals surface area contributed by atoms with E-state index in [-0.39, 0.29) is 4.90 Å². The number of ether oxygens (including phenoxy) is 1. The standard InChI is InChI=1S/C19H23FN2O4S/c1-4-22(5-2)27(24,25)18-8-6-7-16(13-18)21-19(23)14(3)26-17-11-9-15(20)10-12-17/h6-14H,4-5H2,1-3H3,(H,21,23)/t14-/m0/s1. The minimum absolute atomic E-state index is 0.108. The molecule has 1 amide bonds. The number of carbonyl (C=O) groups excluding carboxylic acids is 1. The number of sulfonamides is 1. The van der Waals surface area contributed by atoms with Crippen molar-refractivity contribution in [3.05, 3.63) is 54.3 Å². The average Bonchev–Trinajstić information content (AvgIpc) is 2.64. The van der Waals surface area contributed by atoms with Gasteiger partial charge >= 0.3 is 0 Å². The molecule has 2 aromatic rings. The number of rotatable bonds is 8. The molecule has 0 spiro atoms. The second kappa shape index (κ2) is 8.96. The van der Waals surface area contributed by atoms with Crippen LogP contribution in [0.2, 0.25) is 0 Å². The maximum absolute atomic E-state index is 12.9. The van der Waals surface area contributed by atoms with E-state index in [0.717, 1.165) is 0 Å². The van der Waals surface area contributed by atoms with Crippen molar-refractivity contribution in [3.8, 4) is 5.75 Å². The van der Waals surface area contributed by atoms with Crippen molar-refractivity contribution in [3.63, 3.8) is 0 Å². The van der Waals surface area contributed by atoms with E-state index in [0.29, 0.717) is 24.5 Å². The fraction of sp³-hybridized carbons (Fsp3) is 0.316. The van der Waals surface area contributed by atoms with Crippen LogP contribution >= 0.6 is 0 Å². The summed E-state index contributed by atoms with van der Waals surface area (Å²) in [4.78, 5) is 12.4. The van der Waals surface area contributed by atoms with Crippen LogP contribution in [-0.2, 0) is 14.8 Å². The Bertz CT molecular complexity index is 881. The van der Waals surface area contributed by atoms with E-state index in [1.54, 1.807) is 32.9 Å². The highest BCUT2D eigenvalue weighted by atomic mass is 32.2. The van der Waals surface area contributed by atoms with Crippen LogP contribution in [-0.4, -0.2) is 37.8 Å². The lowest BCUT2D eigenvalue weighted by atomic mass is 10.3. The molecule has 2 rings (SSSR count). The number of nitrogens with one attached hydrogen (secondary N) is 1. The molecule has 6 nitrogen and oxygen atoms in total. The first-order valence-electron chi connectivity index (χ1n) is 8.61. The molecule has 0 radical (unpaired) electrons. The van der Waals surface area contributed by atoms with Crippen LogP contribution in [0.15, 0.2) is 53.4 Å². The van der Waals surface area contributed by atoms with Crippen LogP contribution in [0, 0.1) is 5.82 Å². The summed E-state index contributed by atoms with van der Waals surface area (Å²) in [6, 6.07) is 11.4. The molecular weight excluding hydrogens is 371 g/mol. The number of halogens is 1. The molecule has 146 valence electrons. The zero-order valence-electron chi connectivity index (χ0n) is 15.5. The lowest BCUT2D eigenvalue weighted by Crippen LogP contribution is -2.31. The molecule has 0 heterocycles. The van der Waals surface area contributed by atoms with Crippen LogP contribution in [0.5, 0.6) is 5.75 Å². The predicted molar refractivity (Wildman–Crippen MR) is 102 cm³/mol. The van der Waals surface area contributed by atoms with Crippen molar-refractivity contribution < 1.29 is 22.3 Å². The van der Waals surface area contributed by atoms with E-state index < -0.39 is 27.9 Å². The van der Waals surface area contributed by atoms with Gasteiger partial charge in [-0.15, -0.1) is 0 Å². The molecule has 2 aromatic carbocycles. The number of anilines is 1. The van der Waals surface area contributed by atoms with E-state index in [1.807, 2.05) is 0 Å². The van der Waals surface area contributed by atoms with Gasteiger partial charge in [0.25, 0.3) is 5.91 Å². The summed E-state index contributed by atoms with van der Waals surface area (Å²) in [6.07, 6.45) is -0.849. The number of hydrogen-bond acceptors (Lipinski definition) is 4. The van der Waals surface area contributed by atoms with Crippen molar-refractivity contribution in [1.29, 1.82) is 0 Å². The minimum Gasteiger partial charge on any atom is -0.481 e. The van der Waals surface area contributed by atoms with Gasteiger partial charge in [0.15, 0.2) is 6.10 Å². The molecule has 0 aliphatic rings. The summed E-state index contributed by atoms with van der Waals surface area (Å²) >= 11 is 0. The highest BCUT2D eigenvalue weighted by molar-refractivity contribution is 7.89. The lowest BCUT2D eigenvalue weighted by molar-refractivity contribution is -0.122. The highest BCUT2D eigenvalue weighted by Gasteiger charge is 2.22. The molecular formula is C19H23FN2O4S. The number of nitrogens with zero attached hydrogens (tertiary/aromatic N) is 1. The van der Waals surface area contributed by atoms with Gasteiger partial charge < -0.3 is 10.1 Å². The quantitative estimate of drug-likeness (QED) is 0.746. The van der Waals surface area contributed by atoms with E-state index in [2.05, 4.69) is 5.32 Å². The first-order chi connectivity index (χ1) is 12.8. The molecule has 1 atom stereocenters. The Balaban J connectivity index is 2.10. The predicted octanol–water partition coefficient (Wildman–Crippen LogP) is 3.26. The Labute approximate surface area is 159 Å². The number of carbonyl (C=O) groups is 1. The number of benzene rings is 2. The molecule has 0 fully saturated rings. The largest absolute Gasteiger partial charge is 0.481 e. The third kappa shape index (κ3) is 5.27. The third-order valence-electron chi connectivity index (χ3n) is 3.94. The fourth-order valence-corrected chi connectivity index (χ4v) is 3.97. The maximum Gasteiger partial charge on any atom is 0.265 e. The summed E-state index contributed by atoms with van der Waals surface area (Å²) < 4.78 is 44.9. The first-order valence-corrected chi connectivity index (χ1v) is 10.0. The Morgan fingerprint density at radius 3 is 2.37 bits per heavy atom. The van der Waals surface area contributed by atoms with E-state index in [9.17, 15) is 17.6 Å². The van der Waals surface area contributed by atoms with E-state index in [4.69, 9.17) is 4.74 Å². The molecule has 0 aliphatic carbocycles. The summed E-state index contributed by atoms with van der Waals surface area (Å²) in [5.74, 6) is -0.487. The smallest absolute Gasteiger partial charge is 0.265 e. The van der Waals surface area contributed by atoms with Gasteiger partial charge in [-0.2, -0.15) is 4.31 Å². The molecule has 0 aliphatic heterocycles. The number of amides is 1. The van der Waals surface area contributed by atoms with Crippen LogP contribution in [0.3, 0.4) is 0 Å². The van der Waals surface area contributed by atoms with Gasteiger partial charge in [-0.3, -0.25) is 4.79 Å². The van der Waals surface area contributed by atoms with Gasteiger partial charge in [-0.25, -0.2) is 12.8 Å². The van der Waals surface area contributed by atoms with Crippen molar-refractivity contribution >= 4 is 21.6 Å². The van der Waals surface area contributed by atoms with Crippen LogP contribution in [0.1, 0.15) is 20.8 Å². The summed E-state index contributed by atoms with van der Waals surface area (Å²) in [7, 11) is -3.62. The van der Waals surface area contributed by atoms with Crippen molar-refractivity contribution in [2.45, 2.75) is 31.8 Å². The molecule has 0 aromatic heterocycles. The Morgan fingerprint density at radius 2 is 1.78 bits per heavy atom. The van der Waals surface area contributed by atoms with Gasteiger partial charge in [0.1, 0.15) is 11.6 Å². The van der Waals surface area contributed by atoms with Crippen molar-refractivity contribution in [2.24, 2.45) is 0 Å². The van der Waals surface area contributed by atoms with E-state index in [1.165, 1.54) is 40.7 Å². The monoisotopic (exact) mass is 394 g/mol. The molecule has 27 heavy (non-hydrogen) atoms. The van der Waals surface area contributed by atoms with Crippen LogP contribution in [0.4, 0.5) is 10.1 Å². The van der Waals surface area contributed by atoms with Crippen molar-refractivity contribution in [1.82, 2.24) is 4.31 Å². The highest BCUT2D eigenvalue weighted by Crippen LogP contribution is 2.20. The minimum atomic E-state index is -3.62. The van der Waals surface area contributed by atoms with Crippen molar-refractivity contribution in [2.75, 3.05) is 18.4 Å². The zero-order valence-corrected chi connectivity index (χ0v) is 16.3. The Morgan fingerprint density at radius 1 is 1.15 bits per heavy atom. The second-order valence-electron chi connectivity index (χ2n) is 5.82. The molecule has 0 bridgehead atoms.